The van der Waals surface area contributed by atoms with Gasteiger partial charge < -0.3 is 20.9 Å². The third kappa shape index (κ3) is 3.45. The van der Waals surface area contributed by atoms with E-state index in [1.54, 1.807) is 4.90 Å². The molecule has 0 aromatic rings. The van der Waals surface area contributed by atoms with Crippen LogP contribution in [-0.4, -0.2) is 66.4 Å². The molecule has 2 atom stereocenters. The number of likely N-dealkylation sites (tertiary alicyclic amines) is 1. The third-order valence-electron chi connectivity index (χ3n) is 3.99. The molecule has 0 bridgehead atoms. The van der Waals surface area contributed by atoms with Crippen molar-refractivity contribution in [1.29, 1.82) is 0 Å². The molecule has 0 aromatic heterocycles. The molecule has 0 saturated carbocycles. The highest BCUT2D eigenvalue weighted by Crippen LogP contribution is 2.19. The van der Waals surface area contributed by atoms with Crippen molar-refractivity contribution < 1.29 is 9.59 Å². The highest BCUT2D eigenvalue weighted by Gasteiger charge is 2.31. The second kappa shape index (κ2) is 6.34. The van der Waals surface area contributed by atoms with Gasteiger partial charge in [0.25, 0.3) is 0 Å². The Morgan fingerprint density at radius 2 is 2.26 bits per heavy atom. The van der Waals surface area contributed by atoms with Gasteiger partial charge in [-0.1, -0.05) is 0 Å². The summed E-state index contributed by atoms with van der Waals surface area (Å²) < 4.78 is 0. The molecule has 19 heavy (non-hydrogen) atoms. The molecule has 108 valence electrons. The minimum Gasteiger partial charge on any atom is -0.337 e. The molecule has 6 nitrogen and oxygen atoms in total. The Morgan fingerprint density at radius 1 is 1.47 bits per heavy atom. The summed E-state index contributed by atoms with van der Waals surface area (Å²) in [7, 11) is 0. The van der Waals surface area contributed by atoms with Gasteiger partial charge in [-0.3, -0.25) is 9.59 Å². The monoisotopic (exact) mass is 268 g/mol. The highest BCUT2D eigenvalue weighted by molar-refractivity contribution is 5.86. The van der Waals surface area contributed by atoms with E-state index in [2.05, 4.69) is 5.32 Å². The van der Waals surface area contributed by atoms with Gasteiger partial charge in [-0.2, -0.15) is 0 Å². The lowest BCUT2D eigenvalue weighted by Gasteiger charge is -2.39. The minimum absolute atomic E-state index is 0.00829. The van der Waals surface area contributed by atoms with Gasteiger partial charge in [0.05, 0.1) is 13.1 Å². The Balaban J connectivity index is 1.95. The highest BCUT2D eigenvalue weighted by atomic mass is 16.2. The smallest absolute Gasteiger partial charge is 0.242 e. The van der Waals surface area contributed by atoms with Crippen LogP contribution in [0.4, 0.5) is 0 Å². The quantitative estimate of drug-likeness (QED) is 0.698. The van der Waals surface area contributed by atoms with Crippen LogP contribution in [0.5, 0.6) is 0 Å². The van der Waals surface area contributed by atoms with E-state index in [0.717, 1.165) is 32.4 Å². The Morgan fingerprint density at radius 3 is 2.95 bits per heavy atom. The Hall–Kier alpha value is -1.14. The first-order valence-corrected chi connectivity index (χ1v) is 7.13. The molecule has 2 aliphatic heterocycles. The summed E-state index contributed by atoms with van der Waals surface area (Å²) in [5.74, 6) is 0.0474. The number of nitrogens with one attached hydrogen (secondary N) is 1. The van der Waals surface area contributed by atoms with E-state index in [9.17, 15) is 9.59 Å². The Labute approximate surface area is 114 Å². The van der Waals surface area contributed by atoms with E-state index in [0.29, 0.717) is 13.1 Å². The van der Waals surface area contributed by atoms with Crippen LogP contribution in [0.3, 0.4) is 0 Å². The summed E-state index contributed by atoms with van der Waals surface area (Å²) in [5, 5.41) is 3.01. The van der Waals surface area contributed by atoms with Crippen LogP contribution in [0, 0.1) is 0 Å². The van der Waals surface area contributed by atoms with Gasteiger partial charge in [-0.05, 0) is 26.2 Å². The van der Waals surface area contributed by atoms with Gasteiger partial charge in [-0.15, -0.1) is 0 Å². The lowest BCUT2D eigenvalue weighted by molar-refractivity contribution is -0.143. The Bertz CT molecular complexity index is 346. The van der Waals surface area contributed by atoms with Crippen molar-refractivity contribution in [3.63, 3.8) is 0 Å². The van der Waals surface area contributed by atoms with E-state index in [4.69, 9.17) is 5.73 Å². The van der Waals surface area contributed by atoms with Gasteiger partial charge in [0.15, 0.2) is 0 Å². The standard InChI is InChI=1S/C13H24N4O2/c1-10(14)11-4-2-3-6-17(11)13(19)9-16-7-5-15-8-12(16)18/h10-11,15H,2-9,14H2,1H3/t10-,11-/m1/s1. The second-order valence-electron chi connectivity index (χ2n) is 5.50. The molecule has 0 radical (unpaired) electrons. The van der Waals surface area contributed by atoms with Crippen molar-refractivity contribution in [3.05, 3.63) is 0 Å². The van der Waals surface area contributed by atoms with Gasteiger partial charge in [-0.25, -0.2) is 0 Å². The summed E-state index contributed by atoms with van der Waals surface area (Å²) in [6.45, 7) is 4.63. The number of hydrogen-bond acceptors (Lipinski definition) is 4. The van der Waals surface area contributed by atoms with Crippen molar-refractivity contribution in [3.8, 4) is 0 Å². The fourth-order valence-electron chi connectivity index (χ4n) is 2.88. The fraction of sp³-hybridized carbons (Fsp3) is 0.846. The van der Waals surface area contributed by atoms with E-state index in [1.807, 2.05) is 11.8 Å². The van der Waals surface area contributed by atoms with E-state index < -0.39 is 0 Å². The van der Waals surface area contributed by atoms with Gasteiger partial charge in [0.2, 0.25) is 11.8 Å². The largest absolute Gasteiger partial charge is 0.337 e. The summed E-state index contributed by atoms with van der Waals surface area (Å²) in [4.78, 5) is 27.6. The molecular formula is C13H24N4O2. The maximum Gasteiger partial charge on any atom is 0.242 e. The predicted molar refractivity (Wildman–Crippen MR) is 72.5 cm³/mol. The molecule has 2 aliphatic rings. The summed E-state index contributed by atoms with van der Waals surface area (Å²) in [6.07, 6.45) is 3.13. The number of nitrogens with zero attached hydrogens (tertiary/aromatic N) is 2. The molecule has 3 N–H and O–H groups in total. The zero-order valence-electron chi connectivity index (χ0n) is 11.6. The molecule has 2 heterocycles. The summed E-state index contributed by atoms with van der Waals surface area (Å²) in [5.41, 5.74) is 5.97. The van der Waals surface area contributed by atoms with Crippen molar-refractivity contribution in [2.24, 2.45) is 5.73 Å². The maximum absolute atomic E-state index is 12.4. The van der Waals surface area contributed by atoms with Gasteiger partial charge >= 0.3 is 0 Å². The molecule has 2 saturated heterocycles. The van der Waals surface area contributed by atoms with Crippen molar-refractivity contribution in [2.75, 3.05) is 32.7 Å². The molecule has 2 amide bonds. The van der Waals surface area contributed by atoms with Crippen molar-refractivity contribution in [1.82, 2.24) is 15.1 Å². The minimum atomic E-state index is -0.0111. The number of amides is 2. The summed E-state index contributed by atoms with van der Waals surface area (Å²) in [6, 6.07) is 0.113. The number of rotatable bonds is 3. The molecule has 2 fully saturated rings. The Kier molecular flexibility index (Phi) is 4.76. The van der Waals surface area contributed by atoms with Crippen LogP contribution in [0.25, 0.3) is 0 Å². The number of piperazine rings is 1. The average Bonchev–Trinajstić information content (AvgIpc) is 2.41. The van der Waals surface area contributed by atoms with Crippen molar-refractivity contribution in [2.45, 2.75) is 38.3 Å². The third-order valence-corrected chi connectivity index (χ3v) is 3.99. The molecular weight excluding hydrogens is 244 g/mol. The van der Waals surface area contributed by atoms with Crippen LogP contribution in [-0.2, 0) is 9.59 Å². The topological polar surface area (TPSA) is 78.7 Å². The van der Waals surface area contributed by atoms with Crippen LogP contribution in [0.15, 0.2) is 0 Å². The predicted octanol–water partition coefficient (Wildman–Crippen LogP) is -0.853. The molecule has 0 aromatic carbocycles. The van der Waals surface area contributed by atoms with E-state index >= 15 is 0 Å². The van der Waals surface area contributed by atoms with Crippen LogP contribution in [0.1, 0.15) is 26.2 Å². The fourth-order valence-corrected chi connectivity index (χ4v) is 2.88. The zero-order chi connectivity index (χ0) is 13.8. The molecule has 0 aliphatic carbocycles. The summed E-state index contributed by atoms with van der Waals surface area (Å²) >= 11 is 0. The number of nitrogens with two attached hydrogens (primary N) is 1. The first kappa shape index (κ1) is 14.3. The molecule has 0 unspecified atom stereocenters. The normalized spacial score (nSPS) is 26.4. The number of carbonyl (C=O) groups is 2. The second-order valence-corrected chi connectivity index (χ2v) is 5.50. The van der Waals surface area contributed by atoms with Crippen LogP contribution in [0.2, 0.25) is 0 Å². The SMILES string of the molecule is C[C@@H](N)[C@H]1CCCCN1C(=O)CN1CCNCC1=O. The van der Waals surface area contributed by atoms with E-state index in [-0.39, 0.29) is 30.4 Å². The lowest BCUT2D eigenvalue weighted by Crippen LogP contribution is -2.56. The number of hydrogen-bond donors (Lipinski definition) is 2. The van der Waals surface area contributed by atoms with E-state index in [1.165, 1.54) is 0 Å². The molecule has 0 spiro atoms. The van der Waals surface area contributed by atoms with Crippen LogP contribution >= 0.6 is 0 Å². The van der Waals surface area contributed by atoms with Crippen LogP contribution < -0.4 is 11.1 Å². The molecule has 2 rings (SSSR count). The van der Waals surface area contributed by atoms with Crippen molar-refractivity contribution >= 4 is 11.8 Å². The zero-order valence-corrected chi connectivity index (χ0v) is 11.6. The first-order chi connectivity index (χ1) is 9.09. The molecule has 6 heteroatoms. The lowest BCUT2D eigenvalue weighted by atomic mass is 9.97. The average molecular weight is 268 g/mol. The number of carbonyl (C=O) groups excluding carboxylic acids is 2. The van der Waals surface area contributed by atoms with Gasteiger partial charge in [0.1, 0.15) is 0 Å². The number of piperidine rings is 1. The maximum atomic E-state index is 12.4. The first-order valence-electron chi connectivity index (χ1n) is 7.13. The van der Waals surface area contributed by atoms with Gasteiger partial charge in [0, 0.05) is 31.7 Å².